The highest BCUT2D eigenvalue weighted by molar-refractivity contribution is 5.78. The molecule has 1 aromatic carbocycles. The van der Waals surface area contributed by atoms with Gasteiger partial charge in [-0.1, -0.05) is 24.3 Å². The van der Waals surface area contributed by atoms with Crippen LogP contribution in [0.15, 0.2) is 36.4 Å². The lowest BCUT2D eigenvalue weighted by Gasteiger charge is -2.00. The van der Waals surface area contributed by atoms with Crippen molar-refractivity contribution in [2.75, 3.05) is 0 Å². The van der Waals surface area contributed by atoms with E-state index >= 15 is 0 Å². The first kappa shape index (κ1) is 8.77. The molecule has 1 heterocycles. The number of hydrogen-bond donors (Lipinski definition) is 0. The summed E-state index contributed by atoms with van der Waals surface area (Å²) in [7, 11) is 0. The van der Waals surface area contributed by atoms with Gasteiger partial charge in [-0.3, -0.25) is 4.98 Å². The monoisotopic (exact) mass is 181 g/mol. The van der Waals surface area contributed by atoms with Gasteiger partial charge in [0.2, 0.25) is 0 Å². The molecular weight excluding hydrogens is 170 g/mol. The molecule has 0 aliphatic heterocycles. The third-order valence-corrected chi connectivity index (χ3v) is 2.18. The van der Waals surface area contributed by atoms with E-state index in [0.717, 1.165) is 24.1 Å². The van der Waals surface area contributed by atoms with Crippen LogP contribution in [0.2, 0.25) is 0 Å². The topological polar surface area (TPSA) is 12.9 Å². The highest BCUT2D eigenvalue weighted by atomic mass is 14.7. The molecule has 0 aliphatic rings. The zero-order valence-corrected chi connectivity index (χ0v) is 7.90. The standard InChI is InChI=1S/C13H11N/c1-2-3-7-12-10-9-11-6-4-5-8-13(11)14-12/h1,4-6,8-10H,3,7H2. The Balaban J connectivity index is 2.37. The number of terminal acetylenes is 1. The third-order valence-electron chi connectivity index (χ3n) is 2.18. The Kier molecular flexibility index (Phi) is 2.46. The van der Waals surface area contributed by atoms with Crippen LogP contribution in [-0.4, -0.2) is 4.98 Å². The highest BCUT2D eigenvalue weighted by Crippen LogP contribution is 2.12. The molecule has 0 spiro atoms. The summed E-state index contributed by atoms with van der Waals surface area (Å²) in [4.78, 5) is 4.52. The summed E-state index contributed by atoms with van der Waals surface area (Å²) >= 11 is 0. The van der Waals surface area contributed by atoms with Crippen molar-refractivity contribution >= 4 is 10.9 Å². The van der Waals surface area contributed by atoms with Gasteiger partial charge in [0.05, 0.1) is 5.52 Å². The van der Waals surface area contributed by atoms with Crippen LogP contribution in [0.3, 0.4) is 0 Å². The molecule has 2 rings (SSSR count). The summed E-state index contributed by atoms with van der Waals surface area (Å²) in [5.41, 5.74) is 2.11. The minimum absolute atomic E-state index is 0.755. The number of rotatable bonds is 2. The molecule has 1 nitrogen and oxygen atoms in total. The van der Waals surface area contributed by atoms with Gasteiger partial charge >= 0.3 is 0 Å². The molecule has 0 fully saturated rings. The average Bonchev–Trinajstić information content (AvgIpc) is 2.26. The maximum absolute atomic E-state index is 5.21. The van der Waals surface area contributed by atoms with E-state index in [4.69, 9.17) is 6.42 Å². The molecule has 14 heavy (non-hydrogen) atoms. The molecule has 68 valence electrons. The summed E-state index contributed by atoms with van der Waals surface area (Å²) in [5.74, 6) is 2.62. The van der Waals surface area contributed by atoms with E-state index in [0.29, 0.717) is 0 Å². The Bertz CT molecular complexity index is 480. The molecule has 0 saturated heterocycles. The number of benzene rings is 1. The van der Waals surface area contributed by atoms with Gasteiger partial charge in [-0.05, 0) is 12.1 Å². The van der Waals surface area contributed by atoms with Crippen LogP contribution in [-0.2, 0) is 6.42 Å². The van der Waals surface area contributed by atoms with Gasteiger partial charge in [-0.25, -0.2) is 0 Å². The van der Waals surface area contributed by atoms with Gasteiger partial charge in [-0.15, -0.1) is 12.3 Å². The van der Waals surface area contributed by atoms with Crippen molar-refractivity contribution in [1.82, 2.24) is 4.98 Å². The predicted molar refractivity (Wildman–Crippen MR) is 58.9 cm³/mol. The van der Waals surface area contributed by atoms with Crippen molar-refractivity contribution in [3.8, 4) is 12.3 Å². The number of aromatic nitrogens is 1. The van der Waals surface area contributed by atoms with E-state index in [1.807, 2.05) is 24.3 Å². The quantitative estimate of drug-likeness (QED) is 0.649. The number of nitrogens with zero attached hydrogens (tertiary/aromatic N) is 1. The van der Waals surface area contributed by atoms with E-state index in [1.54, 1.807) is 0 Å². The van der Waals surface area contributed by atoms with Crippen LogP contribution in [0.5, 0.6) is 0 Å². The minimum Gasteiger partial charge on any atom is -0.253 e. The fraction of sp³-hybridized carbons (Fsp3) is 0.154. The van der Waals surface area contributed by atoms with Crippen LogP contribution in [0, 0.1) is 12.3 Å². The van der Waals surface area contributed by atoms with Crippen molar-refractivity contribution in [2.45, 2.75) is 12.8 Å². The van der Waals surface area contributed by atoms with E-state index in [-0.39, 0.29) is 0 Å². The van der Waals surface area contributed by atoms with E-state index in [2.05, 4.69) is 23.0 Å². The Morgan fingerprint density at radius 2 is 2.00 bits per heavy atom. The third kappa shape index (κ3) is 1.75. The SMILES string of the molecule is C#CCCc1ccc2ccccc2n1. The summed E-state index contributed by atoms with van der Waals surface area (Å²) in [5, 5.41) is 1.18. The lowest BCUT2D eigenvalue weighted by Crippen LogP contribution is -1.89. The molecule has 0 amide bonds. The molecular formula is C13H11N. The minimum atomic E-state index is 0.755. The summed E-state index contributed by atoms with van der Waals surface area (Å²) < 4.78 is 0. The largest absolute Gasteiger partial charge is 0.253 e. The van der Waals surface area contributed by atoms with Gasteiger partial charge in [-0.2, -0.15) is 0 Å². The first-order chi connectivity index (χ1) is 6.90. The van der Waals surface area contributed by atoms with E-state index in [1.165, 1.54) is 5.39 Å². The maximum Gasteiger partial charge on any atom is 0.0705 e. The molecule has 0 atom stereocenters. The second-order valence-corrected chi connectivity index (χ2v) is 3.20. The van der Waals surface area contributed by atoms with Crippen molar-refractivity contribution < 1.29 is 0 Å². The predicted octanol–water partition coefficient (Wildman–Crippen LogP) is 2.80. The number of fused-ring (bicyclic) bond motifs is 1. The van der Waals surface area contributed by atoms with Crippen LogP contribution in [0.25, 0.3) is 10.9 Å². The highest BCUT2D eigenvalue weighted by Gasteiger charge is 1.96. The Labute approximate surface area is 83.8 Å². The second kappa shape index (κ2) is 3.93. The number of aryl methyl sites for hydroxylation is 1. The second-order valence-electron chi connectivity index (χ2n) is 3.20. The summed E-state index contributed by atoms with van der Waals surface area (Å²) in [6, 6.07) is 12.2. The van der Waals surface area contributed by atoms with Crippen LogP contribution in [0.4, 0.5) is 0 Å². The Morgan fingerprint density at radius 1 is 1.14 bits per heavy atom. The van der Waals surface area contributed by atoms with Gasteiger partial charge in [0, 0.05) is 23.9 Å². The summed E-state index contributed by atoms with van der Waals surface area (Å²) in [6.45, 7) is 0. The molecule has 0 bridgehead atoms. The first-order valence-electron chi connectivity index (χ1n) is 4.68. The molecule has 0 saturated carbocycles. The van der Waals surface area contributed by atoms with Gasteiger partial charge in [0.15, 0.2) is 0 Å². The van der Waals surface area contributed by atoms with Crippen LogP contribution < -0.4 is 0 Å². The molecule has 1 heteroatoms. The van der Waals surface area contributed by atoms with Crippen molar-refractivity contribution in [1.29, 1.82) is 0 Å². The fourth-order valence-corrected chi connectivity index (χ4v) is 1.45. The van der Waals surface area contributed by atoms with Crippen molar-refractivity contribution in [2.24, 2.45) is 0 Å². The molecule has 0 N–H and O–H groups in total. The number of hydrogen-bond acceptors (Lipinski definition) is 1. The first-order valence-corrected chi connectivity index (χ1v) is 4.68. The van der Waals surface area contributed by atoms with Crippen molar-refractivity contribution in [3.05, 3.63) is 42.1 Å². The lowest BCUT2D eigenvalue weighted by atomic mass is 10.1. The van der Waals surface area contributed by atoms with E-state index < -0.39 is 0 Å². The van der Waals surface area contributed by atoms with Gasteiger partial charge in [0.1, 0.15) is 0 Å². The van der Waals surface area contributed by atoms with Gasteiger partial charge < -0.3 is 0 Å². The normalized spacial score (nSPS) is 9.93. The van der Waals surface area contributed by atoms with Crippen LogP contribution in [0.1, 0.15) is 12.1 Å². The zero-order valence-electron chi connectivity index (χ0n) is 7.90. The smallest absolute Gasteiger partial charge is 0.0705 e. The molecule has 1 aromatic heterocycles. The van der Waals surface area contributed by atoms with Crippen molar-refractivity contribution in [3.63, 3.8) is 0 Å². The maximum atomic E-state index is 5.21. The lowest BCUT2D eigenvalue weighted by molar-refractivity contribution is 0.976. The van der Waals surface area contributed by atoms with Gasteiger partial charge in [0.25, 0.3) is 0 Å². The number of pyridine rings is 1. The Morgan fingerprint density at radius 3 is 2.86 bits per heavy atom. The fourth-order valence-electron chi connectivity index (χ4n) is 1.45. The molecule has 2 aromatic rings. The van der Waals surface area contributed by atoms with E-state index in [9.17, 15) is 0 Å². The molecule has 0 aliphatic carbocycles. The average molecular weight is 181 g/mol. The zero-order chi connectivity index (χ0) is 9.80. The Hall–Kier alpha value is -1.81. The van der Waals surface area contributed by atoms with Crippen LogP contribution >= 0.6 is 0 Å². The molecule has 0 radical (unpaired) electrons. The number of para-hydroxylation sites is 1. The summed E-state index contributed by atoms with van der Waals surface area (Å²) in [6.07, 6.45) is 6.83. The molecule has 0 unspecified atom stereocenters.